The number of rotatable bonds is 4. The number of H-pyrrole nitrogens is 1. The molecule has 84 valence electrons. The number of nitrogens with zero attached hydrogens (tertiary/aromatic N) is 2. The second kappa shape index (κ2) is 4.93. The summed E-state index contributed by atoms with van der Waals surface area (Å²) in [5, 5.41) is 6.53. The van der Waals surface area contributed by atoms with Crippen LogP contribution in [0.25, 0.3) is 0 Å². The van der Waals surface area contributed by atoms with E-state index in [0.29, 0.717) is 6.54 Å². The molecule has 1 heterocycles. The van der Waals surface area contributed by atoms with Crippen LogP contribution in [0.2, 0.25) is 0 Å². The summed E-state index contributed by atoms with van der Waals surface area (Å²) in [6, 6.07) is -0.429. The summed E-state index contributed by atoms with van der Waals surface area (Å²) in [4.78, 5) is 13.4. The largest absolute Gasteiger partial charge is 0.340 e. The average Bonchev–Trinajstić information content (AvgIpc) is 2.67. The Bertz CT molecular complexity index is 307. The molecule has 0 aliphatic heterocycles. The Hall–Kier alpha value is -1.36. The molecule has 0 saturated carbocycles. The van der Waals surface area contributed by atoms with Crippen LogP contribution in [0.5, 0.6) is 0 Å². The summed E-state index contributed by atoms with van der Waals surface area (Å²) in [5.74, 6) is 0.121. The highest BCUT2D eigenvalue weighted by Gasteiger charge is 2.20. The average molecular weight is 210 g/mol. The molecule has 0 saturated heterocycles. The van der Waals surface area contributed by atoms with Crippen LogP contribution in [0.4, 0.5) is 0 Å². The van der Waals surface area contributed by atoms with Gasteiger partial charge in [0.15, 0.2) is 0 Å². The Labute approximate surface area is 89.6 Å². The van der Waals surface area contributed by atoms with Crippen molar-refractivity contribution in [1.29, 1.82) is 0 Å². The van der Waals surface area contributed by atoms with Gasteiger partial charge in [0.05, 0.1) is 12.2 Å². The molecule has 0 aliphatic rings. The number of hydrogen-bond acceptors (Lipinski definition) is 3. The van der Waals surface area contributed by atoms with E-state index < -0.39 is 6.04 Å². The third kappa shape index (κ3) is 3.06. The minimum Gasteiger partial charge on any atom is -0.340 e. The van der Waals surface area contributed by atoms with Crippen LogP contribution in [-0.2, 0) is 11.3 Å². The van der Waals surface area contributed by atoms with E-state index in [1.165, 1.54) is 0 Å². The molecule has 15 heavy (non-hydrogen) atoms. The van der Waals surface area contributed by atoms with Gasteiger partial charge in [0.1, 0.15) is 0 Å². The van der Waals surface area contributed by atoms with Crippen LogP contribution in [0, 0.1) is 5.92 Å². The molecular weight excluding hydrogens is 192 g/mol. The molecule has 3 N–H and O–H groups in total. The van der Waals surface area contributed by atoms with Gasteiger partial charge in [0, 0.05) is 25.4 Å². The van der Waals surface area contributed by atoms with E-state index in [4.69, 9.17) is 5.73 Å². The van der Waals surface area contributed by atoms with E-state index in [1.54, 1.807) is 24.3 Å². The lowest BCUT2D eigenvalue weighted by atomic mass is 10.0. The number of nitrogens with two attached hydrogens (primary N) is 1. The Morgan fingerprint density at radius 3 is 2.80 bits per heavy atom. The number of likely N-dealkylation sites (N-methyl/N-ethyl adjacent to an activating group) is 1. The molecule has 0 spiro atoms. The van der Waals surface area contributed by atoms with E-state index in [-0.39, 0.29) is 11.8 Å². The molecule has 0 bridgehead atoms. The van der Waals surface area contributed by atoms with Crippen molar-refractivity contribution in [3.05, 3.63) is 18.0 Å². The minimum absolute atomic E-state index is 0.0359. The van der Waals surface area contributed by atoms with E-state index >= 15 is 0 Å². The van der Waals surface area contributed by atoms with Crippen molar-refractivity contribution in [2.75, 3.05) is 7.05 Å². The zero-order valence-electron chi connectivity index (χ0n) is 9.40. The Morgan fingerprint density at radius 1 is 1.67 bits per heavy atom. The normalized spacial score (nSPS) is 12.9. The van der Waals surface area contributed by atoms with Gasteiger partial charge in [-0.3, -0.25) is 9.89 Å². The fraction of sp³-hybridized carbons (Fsp3) is 0.600. The Morgan fingerprint density at radius 2 is 2.33 bits per heavy atom. The molecule has 0 aliphatic carbocycles. The van der Waals surface area contributed by atoms with Crippen LogP contribution in [-0.4, -0.2) is 34.1 Å². The van der Waals surface area contributed by atoms with Gasteiger partial charge in [0.2, 0.25) is 5.91 Å². The SMILES string of the molecule is CC(C)[C@H](N)C(=O)N(C)Cc1cn[nH]c1. The first-order valence-electron chi connectivity index (χ1n) is 5.00. The summed E-state index contributed by atoms with van der Waals surface area (Å²) >= 11 is 0. The van der Waals surface area contributed by atoms with Crippen LogP contribution in [0.3, 0.4) is 0 Å². The first-order valence-corrected chi connectivity index (χ1v) is 5.00. The summed E-state index contributed by atoms with van der Waals surface area (Å²) in [5.41, 5.74) is 6.75. The molecule has 1 rings (SSSR count). The first-order chi connectivity index (χ1) is 7.02. The van der Waals surface area contributed by atoms with Gasteiger partial charge < -0.3 is 10.6 Å². The molecule has 1 amide bonds. The molecule has 1 aromatic rings. The molecule has 5 heteroatoms. The van der Waals surface area contributed by atoms with E-state index in [9.17, 15) is 4.79 Å². The molecule has 1 aromatic heterocycles. The van der Waals surface area contributed by atoms with Crippen LogP contribution >= 0.6 is 0 Å². The van der Waals surface area contributed by atoms with E-state index in [0.717, 1.165) is 5.56 Å². The second-order valence-corrected chi connectivity index (χ2v) is 4.07. The van der Waals surface area contributed by atoms with Gasteiger partial charge in [-0.15, -0.1) is 0 Å². The molecule has 0 aromatic carbocycles. The second-order valence-electron chi connectivity index (χ2n) is 4.07. The maximum absolute atomic E-state index is 11.8. The summed E-state index contributed by atoms with van der Waals surface area (Å²) in [7, 11) is 1.75. The minimum atomic E-state index is -0.429. The standard InChI is InChI=1S/C10H18N4O/c1-7(2)9(11)10(15)14(3)6-8-4-12-13-5-8/h4-5,7,9H,6,11H2,1-3H3,(H,12,13)/t9-/m0/s1. The van der Waals surface area contributed by atoms with Crippen molar-refractivity contribution < 1.29 is 4.79 Å². The Kier molecular flexibility index (Phi) is 3.85. The van der Waals surface area contributed by atoms with Crippen molar-refractivity contribution in [2.24, 2.45) is 11.7 Å². The number of aromatic amines is 1. The lowest BCUT2D eigenvalue weighted by Gasteiger charge is -2.22. The lowest BCUT2D eigenvalue weighted by molar-refractivity contribution is -0.132. The highest BCUT2D eigenvalue weighted by Crippen LogP contribution is 2.05. The van der Waals surface area contributed by atoms with Crippen LogP contribution < -0.4 is 5.73 Å². The molecule has 0 radical (unpaired) electrons. The van der Waals surface area contributed by atoms with Crippen molar-refractivity contribution in [3.63, 3.8) is 0 Å². The van der Waals surface area contributed by atoms with Crippen molar-refractivity contribution in [3.8, 4) is 0 Å². The highest BCUT2D eigenvalue weighted by molar-refractivity contribution is 5.81. The van der Waals surface area contributed by atoms with Gasteiger partial charge in [-0.2, -0.15) is 5.10 Å². The molecular formula is C10H18N4O. The molecule has 5 nitrogen and oxygen atoms in total. The predicted molar refractivity (Wildman–Crippen MR) is 57.9 cm³/mol. The Balaban J connectivity index is 2.54. The highest BCUT2D eigenvalue weighted by atomic mass is 16.2. The zero-order chi connectivity index (χ0) is 11.4. The van der Waals surface area contributed by atoms with Gasteiger partial charge >= 0.3 is 0 Å². The van der Waals surface area contributed by atoms with E-state index in [2.05, 4.69) is 10.2 Å². The number of amides is 1. The van der Waals surface area contributed by atoms with Crippen molar-refractivity contribution in [1.82, 2.24) is 15.1 Å². The molecule has 0 unspecified atom stereocenters. The predicted octanol–water partition coefficient (Wildman–Crippen LogP) is 0.351. The van der Waals surface area contributed by atoms with Gasteiger partial charge in [-0.25, -0.2) is 0 Å². The lowest BCUT2D eigenvalue weighted by Crippen LogP contribution is -2.44. The van der Waals surface area contributed by atoms with E-state index in [1.807, 2.05) is 13.8 Å². The number of carbonyl (C=O) groups excluding carboxylic acids is 1. The first kappa shape index (κ1) is 11.7. The smallest absolute Gasteiger partial charge is 0.239 e. The summed E-state index contributed by atoms with van der Waals surface area (Å²) in [6.45, 7) is 4.41. The van der Waals surface area contributed by atoms with Crippen LogP contribution in [0.15, 0.2) is 12.4 Å². The van der Waals surface area contributed by atoms with Crippen LogP contribution in [0.1, 0.15) is 19.4 Å². The fourth-order valence-electron chi connectivity index (χ4n) is 1.26. The number of nitrogens with one attached hydrogen (secondary N) is 1. The summed E-state index contributed by atoms with van der Waals surface area (Å²) in [6.07, 6.45) is 3.47. The topological polar surface area (TPSA) is 75.0 Å². The van der Waals surface area contributed by atoms with Crippen molar-refractivity contribution in [2.45, 2.75) is 26.4 Å². The van der Waals surface area contributed by atoms with Gasteiger partial charge in [0.25, 0.3) is 0 Å². The third-order valence-electron chi connectivity index (χ3n) is 2.35. The van der Waals surface area contributed by atoms with Crippen molar-refractivity contribution >= 4 is 5.91 Å². The molecule has 1 atom stereocenters. The van der Waals surface area contributed by atoms with Gasteiger partial charge in [-0.05, 0) is 5.92 Å². The number of carbonyl (C=O) groups is 1. The van der Waals surface area contributed by atoms with Gasteiger partial charge in [-0.1, -0.05) is 13.8 Å². The number of aromatic nitrogens is 2. The fourth-order valence-corrected chi connectivity index (χ4v) is 1.26. The summed E-state index contributed by atoms with van der Waals surface area (Å²) < 4.78 is 0. The maximum Gasteiger partial charge on any atom is 0.239 e. The zero-order valence-corrected chi connectivity index (χ0v) is 9.40. The quantitative estimate of drug-likeness (QED) is 0.753. The maximum atomic E-state index is 11.8. The third-order valence-corrected chi connectivity index (χ3v) is 2.35. The number of hydrogen-bond donors (Lipinski definition) is 2. The molecule has 0 fully saturated rings. The monoisotopic (exact) mass is 210 g/mol.